The molecule has 0 aliphatic carbocycles. The highest BCUT2D eigenvalue weighted by molar-refractivity contribution is 4.93. The van der Waals surface area contributed by atoms with Gasteiger partial charge in [0.25, 0.3) is 0 Å². The summed E-state index contributed by atoms with van der Waals surface area (Å²) in [5.41, 5.74) is 0.659. The van der Waals surface area contributed by atoms with Crippen molar-refractivity contribution in [3.63, 3.8) is 0 Å². The van der Waals surface area contributed by atoms with Crippen LogP contribution >= 0.6 is 0 Å². The number of hydrogen-bond acceptors (Lipinski definition) is 2. The number of piperidine rings is 1. The van der Waals surface area contributed by atoms with Crippen LogP contribution in [0.3, 0.4) is 0 Å². The average molecular weight is 196 g/mol. The lowest BCUT2D eigenvalue weighted by molar-refractivity contribution is 0.201. The van der Waals surface area contributed by atoms with Gasteiger partial charge in [0.1, 0.15) is 0 Å². The molecule has 0 saturated carbocycles. The number of rotatable bonds is 3. The molecular formula is C12H24N2. The van der Waals surface area contributed by atoms with Crippen LogP contribution < -0.4 is 5.32 Å². The summed E-state index contributed by atoms with van der Waals surface area (Å²) in [4.78, 5) is 2.68. The average Bonchev–Trinajstić information content (AvgIpc) is 2.60. The SMILES string of the molecule is CCCCN1CCC2(CCCNC2)C1. The summed E-state index contributed by atoms with van der Waals surface area (Å²) < 4.78 is 0. The van der Waals surface area contributed by atoms with Crippen LogP contribution in [0.15, 0.2) is 0 Å². The van der Waals surface area contributed by atoms with E-state index in [-0.39, 0.29) is 0 Å². The molecule has 2 fully saturated rings. The monoisotopic (exact) mass is 196 g/mol. The lowest BCUT2D eigenvalue weighted by Gasteiger charge is -2.34. The van der Waals surface area contributed by atoms with Crippen molar-refractivity contribution in [2.75, 3.05) is 32.7 Å². The summed E-state index contributed by atoms with van der Waals surface area (Å²) in [6, 6.07) is 0. The first-order valence-corrected chi connectivity index (χ1v) is 6.28. The van der Waals surface area contributed by atoms with E-state index in [1.807, 2.05) is 0 Å². The van der Waals surface area contributed by atoms with Crippen molar-refractivity contribution in [2.45, 2.75) is 39.0 Å². The second-order valence-electron chi connectivity index (χ2n) is 5.16. The Labute approximate surface area is 88.1 Å². The first kappa shape index (κ1) is 10.4. The zero-order chi connectivity index (χ0) is 9.86. The van der Waals surface area contributed by atoms with Crippen LogP contribution in [-0.2, 0) is 0 Å². The lowest BCUT2D eigenvalue weighted by Crippen LogP contribution is -2.41. The fourth-order valence-electron chi connectivity index (χ4n) is 2.98. The quantitative estimate of drug-likeness (QED) is 0.741. The van der Waals surface area contributed by atoms with Crippen LogP contribution in [0.25, 0.3) is 0 Å². The molecule has 2 rings (SSSR count). The minimum Gasteiger partial charge on any atom is -0.316 e. The molecule has 0 radical (unpaired) electrons. The van der Waals surface area contributed by atoms with Gasteiger partial charge in [-0.2, -0.15) is 0 Å². The Morgan fingerprint density at radius 3 is 3.00 bits per heavy atom. The molecule has 2 saturated heterocycles. The molecular weight excluding hydrogens is 172 g/mol. The lowest BCUT2D eigenvalue weighted by atomic mass is 9.80. The van der Waals surface area contributed by atoms with Gasteiger partial charge in [-0.3, -0.25) is 0 Å². The van der Waals surface area contributed by atoms with Crippen LogP contribution in [-0.4, -0.2) is 37.6 Å². The number of nitrogens with one attached hydrogen (secondary N) is 1. The van der Waals surface area contributed by atoms with E-state index in [0.29, 0.717) is 5.41 Å². The Bertz CT molecular complexity index is 173. The van der Waals surface area contributed by atoms with Crippen molar-refractivity contribution in [1.82, 2.24) is 10.2 Å². The van der Waals surface area contributed by atoms with E-state index in [1.165, 1.54) is 64.8 Å². The maximum absolute atomic E-state index is 3.57. The number of hydrogen-bond donors (Lipinski definition) is 1. The van der Waals surface area contributed by atoms with Crippen LogP contribution in [0.4, 0.5) is 0 Å². The predicted molar refractivity (Wildman–Crippen MR) is 60.5 cm³/mol. The van der Waals surface area contributed by atoms with Gasteiger partial charge in [0.2, 0.25) is 0 Å². The Kier molecular flexibility index (Phi) is 3.45. The molecule has 1 atom stereocenters. The van der Waals surface area contributed by atoms with Gasteiger partial charge in [0.15, 0.2) is 0 Å². The molecule has 2 nitrogen and oxygen atoms in total. The molecule has 14 heavy (non-hydrogen) atoms. The van der Waals surface area contributed by atoms with Crippen LogP contribution in [0.1, 0.15) is 39.0 Å². The van der Waals surface area contributed by atoms with Crippen molar-refractivity contribution in [2.24, 2.45) is 5.41 Å². The van der Waals surface area contributed by atoms with Gasteiger partial charge in [-0.1, -0.05) is 13.3 Å². The standard InChI is InChI=1S/C12H24N2/c1-2-3-8-14-9-6-12(11-14)5-4-7-13-10-12/h13H,2-11H2,1H3. The maximum Gasteiger partial charge on any atom is 0.00506 e. The van der Waals surface area contributed by atoms with Crippen LogP contribution in [0, 0.1) is 5.41 Å². The molecule has 2 heterocycles. The zero-order valence-corrected chi connectivity index (χ0v) is 9.52. The van der Waals surface area contributed by atoms with E-state index in [9.17, 15) is 0 Å². The highest BCUT2D eigenvalue weighted by Crippen LogP contribution is 2.36. The Balaban J connectivity index is 1.80. The van der Waals surface area contributed by atoms with Gasteiger partial charge >= 0.3 is 0 Å². The molecule has 0 aromatic rings. The largest absolute Gasteiger partial charge is 0.316 e. The minimum absolute atomic E-state index is 0.659. The molecule has 0 amide bonds. The molecule has 0 aromatic heterocycles. The highest BCUT2D eigenvalue weighted by atomic mass is 15.2. The third kappa shape index (κ3) is 2.29. The Morgan fingerprint density at radius 2 is 2.29 bits per heavy atom. The smallest absolute Gasteiger partial charge is 0.00506 e. The molecule has 82 valence electrons. The van der Waals surface area contributed by atoms with Crippen LogP contribution in [0.5, 0.6) is 0 Å². The molecule has 1 unspecified atom stereocenters. The van der Waals surface area contributed by atoms with E-state index >= 15 is 0 Å². The van der Waals surface area contributed by atoms with Crippen LogP contribution in [0.2, 0.25) is 0 Å². The number of nitrogens with zero attached hydrogens (tertiary/aromatic N) is 1. The third-order valence-electron chi connectivity index (χ3n) is 3.91. The van der Waals surface area contributed by atoms with E-state index in [2.05, 4.69) is 17.1 Å². The maximum atomic E-state index is 3.57. The normalized spacial score (nSPS) is 34.1. The van der Waals surface area contributed by atoms with Gasteiger partial charge in [0.05, 0.1) is 0 Å². The van der Waals surface area contributed by atoms with Gasteiger partial charge in [0, 0.05) is 13.1 Å². The first-order chi connectivity index (χ1) is 6.85. The fourth-order valence-corrected chi connectivity index (χ4v) is 2.98. The fraction of sp³-hybridized carbons (Fsp3) is 1.00. The summed E-state index contributed by atoms with van der Waals surface area (Å²) in [6.45, 7) is 8.85. The predicted octanol–water partition coefficient (Wildman–Crippen LogP) is 1.86. The van der Waals surface area contributed by atoms with Gasteiger partial charge in [-0.25, -0.2) is 0 Å². The van der Waals surface area contributed by atoms with E-state index < -0.39 is 0 Å². The van der Waals surface area contributed by atoms with Crippen molar-refractivity contribution in [1.29, 1.82) is 0 Å². The summed E-state index contributed by atoms with van der Waals surface area (Å²) in [5, 5.41) is 3.57. The molecule has 2 heteroatoms. The Morgan fingerprint density at radius 1 is 1.36 bits per heavy atom. The molecule has 0 aromatic carbocycles. The molecule has 1 N–H and O–H groups in total. The van der Waals surface area contributed by atoms with Gasteiger partial charge in [-0.15, -0.1) is 0 Å². The van der Waals surface area contributed by atoms with E-state index in [4.69, 9.17) is 0 Å². The second-order valence-corrected chi connectivity index (χ2v) is 5.16. The number of likely N-dealkylation sites (tertiary alicyclic amines) is 1. The minimum atomic E-state index is 0.659. The topological polar surface area (TPSA) is 15.3 Å². The molecule has 1 spiro atoms. The summed E-state index contributed by atoms with van der Waals surface area (Å²) in [7, 11) is 0. The van der Waals surface area contributed by atoms with Gasteiger partial charge < -0.3 is 10.2 Å². The first-order valence-electron chi connectivity index (χ1n) is 6.28. The second kappa shape index (κ2) is 4.63. The molecule has 0 bridgehead atoms. The highest BCUT2D eigenvalue weighted by Gasteiger charge is 2.38. The molecule has 2 aliphatic rings. The van der Waals surface area contributed by atoms with Crippen molar-refractivity contribution in [3.8, 4) is 0 Å². The molecule has 2 aliphatic heterocycles. The summed E-state index contributed by atoms with van der Waals surface area (Å²) in [6.07, 6.45) is 7.00. The third-order valence-corrected chi connectivity index (χ3v) is 3.91. The van der Waals surface area contributed by atoms with E-state index in [1.54, 1.807) is 0 Å². The van der Waals surface area contributed by atoms with Gasteiger partial charge in [-0.05, 0) is 50.7 Å². The number of unbranched alkanes of at least 4 members (excludes halogenated alkanes) is 1. The van der Waals surface area contributed by atoms with E-state index in [0.717, 1.165) is 0 Å². The van der Waals surface area contributed by atoms with Crippen molar-refractivity contribution in [3.05, 3.63) is 0 Å². The summed E-state index contributed by atoms with van der Waals surface area (Å²) in [5.74, 6) is 0. The van der Waals surface area contributed by atoms with Crippen molar-refractivity contribution < 1.29 is 0 Å². The Hall–Kier alpha value is -0.0800. The van der Waals surface area contributed by atoms with Crippen molar-refractivity contribution >= 4 is 0 Å². The summed E-state index contributed by atoms with van der Waals surface area (Å²) >= 11 is 0. The zero-order valence-electron chi connectivity index (χ0n) is 9.52.